The van der Waals surface area contributed by atoms with Crippen molar-refractivity contribution in [1.29, 1.82) is 0 Å². The number of nitrogens with zero attached hydrogens (tertiary/aromatic N) is 1. The van der Waals surface area contributed by atoms with Crippen molar-refractivity contribution in [3.8, 4) is 22.3 Å². The van der Waals surface area contributed by atoms with Gasteiger partial charge in [0.05, 0.1) is 11.1 Å². The third-order valence-electron chi connectivity index (χ3n) is 7.08. The van der Waals surface area contributed by atoms with E-state index in [4.69, 9.17) is 0 Å². The number of fused-ring (bicyclic) bond motifs is 2. The van der Waals surface area contributed by atoms with E-state index in [0.29, 0.717) is 34.2 Å². The van der Waals surface area contributed by atoms with Crippen LogP contribution < -0.4 is 0 Å². The molecule has 0 saturated heterocycles. The number of alkyl halides is 3. The molecule has 1 aromatic heterocycles. The Balaban J connectivity index is 1.63. The first kappa shape index (κ1) is 24.5. The van der Waals surface area contributed by atoms with Crippen molar-refractivity contribution in [2.45, 2.75) is 12.7 Å². The number of hydrogen-bond donors (Lipinski definition) is 1. The molecule has 3 nitrogen and oxygen atoms in total. The van der Waals surface area contributed by atoms with Gasteiger partial charge in [0.2, 0.25) is 0 Å². The fourth-order valence-corrected chi connectivity index (χ4v) is 5.31. The predicted octanol–water partition coefficient (Wildman–Crippen LogP) is 8.89. The van der Waals surface area contributed by atoms with E-state index in [-0.39, 0.29) is 5.56 Å². The molecule has 0 fully saturated rings. The second kappa shape index (κ2) is 9.48. The van der Waals surface area contributed by atoms with Gasteiger partial charge >= 0.3 is 12.1 Å². The molecule has 0 saturated carbocycles. The van der Waals surface area contributed by atoms with Gasteiger partial charge in [-0.05, 0) is 57.3 Å². The Labute approximate surface area is 222 Å². The molecular weight excluding hydrogens is 499 g/mol. The van der Waals surface area contributed by atoms with E-state index in [1.807, 2.05) is 65.4 Å². The number of carboxylic acids is 1. The largest absolute Gasteiger partial charge is 0.478 e. The summed E-state index contributed by atoms with van der Waals surface area (Å²) in [5.74, 6) is -1.07. The maximum absolute atomic E-state index is 13.7. The molecule has 0 aliphatic carbocycles. The highest BCUT2D eigenvalue weighted by Gasteiger charge is 2.31. The van der Waals surface area contributed by atoms with Gasteiger partial charge in [-0.25, -0.2) is 4.79 Å². The lowest BCUT2D eigenvalue weighted by atomic mass is 9.93. The Kier molecular flexibility index (Phi) is 5.95. The quantitative estimate of drug-likeness (QED) is 0.246. The smallest absolute Gasteiger partial charge is 0.416 e. The number of rotatable bonds is 5. The van der Waals surface area contributed by atoms with Crippen LogP contribution in [0.5, 0.6) is 0 Å². The van der Waals surface area contributed by atoms with Crippen molar-refractivity contribution in [3.05, 3.63) is 132 Å². The second-order valence-electron chi connectivity index (χ2n) is 9.44. The minimum absolute atomic E-state index is 0.127. The highest BCUT2D eigenvalue weighted by Crippen LogP contribution is 2.41. The SMILES string of the molecule is O=C(O)c1ccccc1-c1cccc2c1c(-c1cccc(C(F)(F)F)c1)cn2Cc1cccc2ccccc12. The first-order valence-corrected chi connectivity index (χ1v) is 12.4. The lowest BCUT2D eigenvalue weighted by molar-refractivity contribution is -0.137. The van der Waals surface area contributed by atoms with Gasteiger partial charge in [-0.15, -0.1) is 0 Å². The van der Waals surface area contributed by atoms with Gasteiger partial charge in [-0.1, -0.05) is 84.9 Å². The van der Waals surface area contributed by atoms with Gasteiger partial charge < -0.3 is 9.67 Å². The van der Waals surface area contributed by atoms with Crippen LogP contribution in [-0.2, 0) is 12.7 Å². The number of aromatic nitrogens is 1. The Bertz CT molecular complexity index is 1860. The van der Waals surface area contributed by atoms with Crippen molar-refractivity contribution < 1.29 is 23.1 Å². The van der Waals surface area contributed by atoms with Crippen LogP contribution in [0.15, 0.2) is 115 Å². The van der Waals surface area contributed by atoms with Crippen LogP contribution in [0.4, 0.5) is 13.2 Å². The summed E-state index contributed by atoms with van der Waals surface area (Å²) in [4.78, 5) is 12.1. The lowest BCUT2D eigenvalue weighted by Crippen LogP contribution is -2.04. The highest BCUT2D eigenvalue weighted by atomic mass is 19.4. The molecule has 1 heterocycles. The summed E-state index contributed by atoms with van der Waals surface area (Å²) in [7, 11) is 0. The van der Waals surface area contributed by atoms with Gasteiger partial charge in [-0.2, -0.15) is 13.2 Å². The van der Waals surface area contributed by atoms with Gasteiger partial charge in [-0.3, -0.25) is 0 Å². The van der Waals surface area contributed by atoms with E-state index >= 15 is 0 Å². The monoisotopic (exact) mass is 521 g/mol. The van der Waals surface area contributed by atoms with Crippen molar-refractivity contribution in [1.82, 2.24) is 4.57 Å². The molecule has 0 radical (unpaired) electrons. The van der Waals surface area contributed by atoms with Gasteiger partial charge in [0, 0.05) is 29.2 Å². The van der Waals surface area contributed by atoms with E-state index in [9.17, 15) is 23.1 Å². The summed E-state index contributed by atoms with van der Waals surface area (Å²) in [6, 6.07) is 31.7. The average molecular weight is 522 g/mol. The standard InChI is InChI=1S/C33H22F3NO2/c34-33(35,36)24-12-6-10-22(18-24)29-20-37(19-23-11-5-9-21-8-1-2-13-25(21)23)30-17-7-16-27(31(29)30)26-14-3-4-15-28(26)32(38)39/h1-18,20H,19H2,(H,38,39). The fourth-order valence-electron chi connectivity index (χ4n) is 5.31. The molecule has 0 amide bonds. The summed E-state index contributed by atoms with van der Waals surface area (Å²) in [6.07, 6.45) is -2.62. The van der Waals surface area contributed by atoms with Crippen molar-refractivity contribution in [2.24, 2.45) is 0 Å². The van der Waals surface area contributed by atoms with Crippen molar-refractivity contribution in [3.63, 3.8) is 0 Å². The normalized spacial score (nSPS) is 11.8. The third-order valence-corrected chi connectivity index (χ3v) is 7.08. The molecule has 0 atom stereocenters. The molecule has 0 bridgehead atoms. The number of carboxylic acid groups (broad SMARTS) is 1. The van der Waals surface area contributed by atoms with Gasteiger partial charge in [0.25, 0.3) is 0 Å². The van der Waals surface area contributed by atoms with Gasteiger partial charge in [0.1, 0.15) is 0 Å². The maximum atomic E-state index is 13.7. The summed E-state index contributed by atoms with van der Waals surface area (Å²) in [6.45, 7) is 0.487. The number of benzene rings is 5. The Morgan fingerprint density at radius 3 is 2.26 bits per heavy atom. The van der Waals surface area contributed by atoms with Gasteiger partial charge in [0.15, 0.2) is 0 Å². The molecule has 1 N–H and O–H groups in total. The number of hydrogen-bond acceptors (Lipinski definition) is 1. The summed E-state index contributed by atoms with van der Waals surface area (Å²) < 4.78 is 43.0. The zero-order valence-electron chi connectivity index (χ0n) is 20.6. The van der Waals surface area contributed by atoms with Crippen LogP contribution >= 0.6 is 0 Å². The average Bonchev–Trinajstić information content (AvgIpc) is 3.31. The minimum Gasteiger partial charge on any atom is -0.478 e. The molecule has 6 aromatic rings. The van der Waals surface area contributed by atoms with E-state index in [1.165, 1.54) is 12.1 Å². The number of aromatic carboxylic acids is 1. The minimum atomic E-state index is -4.49. The molecule has 6 heteroatoms. The first-order chi connectivity index (χ1) is 18.8. The third kappa shape index (κ3) is 4.44. The zero-order chi connectivity index (χ0) is 27.1. The van der Waals surface area contributed by atoms with Crippen LogP contribution in [0.2, 0.25) is 0 Å². The molecular formula is C33H22F3NO2. The number of carbonyl (C=O) groups is 1. The van der Waals surface area contributed by atoms with Crippen LogP contribution in [0.3, 0.4) is 0 Å². The molecule has 192 valence electrons. The van der Waals surface area contributed by atoms with Crippen LogP contribution in [-0.4, -0.2) is 15.6 Å². The highest BCUT2D eigenvalue weighted by molar-refractivity contribution is 6.09. The topological polar surface area (TPSA) is 42.2 Å². The predicted molar refractivity (Wildman–Crippen MR) is 148 cm³/mol. The van der Waals surface area contributed by atoms with E-state index in [0.717, 1.165) is 34.0 Å². The summed E-state index contributed by atoms with van der Waals surface area (Å²) in [5, 5.41) is 12.8. The Morgan fingerprint density at radius 2 is 1.44 bits per heavy atom. The van der Waals surface area contributed by atoms with Crippen molar-refractivity contribution >= 4 is 27.6 Å². The lowest BCUT2D eigenvalue weighted by Gasteiger charge is -2.12. The van der Waals surface area contributed by atoms with E-state index in [2.05, 4.69) is 6.07 Å². The molecule has 0 unspecified atom stereocenters. The molecule has 39 heavy (non-hydrogen) atoms. The maximum Gasteiger partial charge on any atom is 0.416 e. The molecule has 6 rings (SSSR count). The van der Waals surface area contributed by atoms with Crippen LogP contribution in [0, 0.1) is 0 Å². The summed E-state index contributed by atoms with van der Waals surface area (Å²) >= 11 is 0. The van der Waals surface area contributed by atoms with E-state index < -0.39 is 17.7 Å². The summed E-state index contributed by atoms with van der Waals surface area (Å²) in [5.41, 5.74) is 3.42. The first-order valence-electron chi connectivity index (χ1n) is 12.4. The van der Waals surface area contributed by atoms with Crippen molar-refractivity contribution in [2.75, 3.05) is 0 Å². The van der Waals surface area contributed by atoms with Crippen LogP contribution in [0.1, 0.15) is 21.5 Å². The van der Waals surface area contributed by atoms with Crippen LogP contribution in [0.25, 0.3) is 43.9 Å². The van der Waals surface area contributed by atoms with E-state index in [1.54, 1.807) is 24.3 Å². The molecule has 0 aliphatic heterocycles. The Hall–Kier alpha value is -4.84. The molecule has 5 aromatic carbocycles. The Morgan fingerprint density at radius 1 is 0.744 bits per heavy atom. The fraction of sp³-hybridized carbons (Fsp3) is 0.0606. The number of halogens is 3. The molecule has 0 aliphatic rings. The molecule has 0 spiro atoms. The second-order valence-corrected chi connectivity index (χ2v) is 9.44. The zero-order valence-corrected chi connectivity index (χ0v) is 20.6.